The van der Waals surface area contributed by atoms with Gasteiger partial charge in [-0.25, -0.2) is 9.66 Å². The Morgan fingerprint density at radius 1 is 1.40 bits per heavy atom. The fraction of sp³-hybridized carbons (Fsp3) is 0. The molecule has 0 saturated heterocycles. The van der Waals surface area contributed by atoms with Crippen molar-refractivity contribution >= 4 is 33.3 Å². The molecule has 1 aromatic heterocycles. The van der Waals surface area contributed by atoms with E-state index in [1.807, 2.05) is 12.1 Å². The van der Waals surface area contributed by atoms with Crippen LogP contribution in [0.5, 0.6) is 0 Å². The molecule has 0 bridgehead atoms. The molecule has 0 spiro atoms. The Morgan fingerprint density at radius 3 is 2.67 bits per heavy atom. The molecule has 0 radical (unpaired) electrons. The summed E-state index contributed by atoms with van der Waals surface area (Å²) in [5, 5.41) is 0.578. The Hall–Kier alpha value is -1.20. The predicted molar refractivity (Wildman–Crippen MR) is 64.9 cm³/mol. The van der Waals surface area contributed by atoms with Gasteiger partial charge in [-0.1, -0.05) is 33.6 Å². The molecule has 1 aromatic carbocycles. The molecule has 0 aliphatic carbocycles. The second-order valence-electron chi connectivity index (χ2n) is 3.01. The smallest absolute Gasteiger partial charge is 0.150 e. The van der Waals surface area contributed by atoms with Gasteiger partial charge in [0.05, 0.1) is 5.02 Å². The lowest BCUT2D eigenvalue weighted by Crippen LogP contribution is -2.10. The molecule has 0 unspecified atom stereocenters. The summed E-state index contributed by atoms with van der Waals surface area (Å²) in [6.07, 6.45) is 1.45. The largest absolute Gasteiger partial charge is 0.382 e. The minimum absolute atomic E-state index is 0.388. The summed E-state index contributed by atoms with van der Waals surface area (Å²) in [6, 6.07) is 5.49. The average molecular weight is 288 g/mol. The lowest BCUT2D eigenvalue weighted by molar-refractivity contribution is 1.01. The fourth-order valence-corrected chi connectivity index (χ4v) is 2.02. The van der Waals surface area contributed by atoms with Gasteiger partial charge in [0.2, 0.25) is 0 Å². The lowest BCUT2D eigenvalue weighted by Gasteiger charge is -2.03. The number of nitrogens with zero attached hydrogens (tertiary/aromatic N) is 2. The molecule has 0 aliphatic rings. The lowest BCUT2D eigenvalue weighted by atomic mass is 10.1. The van der Waals surface area contributed by atoms with Crippen molar-refractivity contribution in [3.05, 3.63) is 34.0 Å². The molecule has 1 heterocycles. The molecule has 0 aliphatic heterocycles. The zero-order valence-electron chi connectivity index (χ0n) is 7.61. The van der Waals surface area contributed by atoms with Crippen LogP contribution in [0, 0.1) is 0 Å². The van der Waals surface area contributed by atoms with Crippen molar-refractivity contribution in [2.24, 2.45) is 0 Å². The first kappa shape index (κ1) is 10.3. The Labute approximate surface area is 99.9 Å². The quantitative estimate of drug-likeness (QED) is 0.790. The highest BCUT2D eigenvalue weighted by Crippen LogP contribution is 2.32. The highest BCUT2D eigenvalue weighted by atomic mass is 79.9. The number of hydrogen-bond acceptors (Lipinski definition) is 3. The van der Waals surface area contributed by atoms with Crippen LogP contribution in [0.2, 0.25) is 5.02 Å². The molecule has 4 nitrogen and oxygen atoms in total. The second kappa shape index (κ2) is 3.75. The number of hydrogen-bond donors (Lipinski definition) is 2. The zero-order chi connectivity index (χ0) is 11.0. The van der Waals surface area contributed by atoms with Crippen molar-refractivity contribution in [2.75, 3.05) is 11.6 Å². The number of nitrogen functional groups attached to an aromatic ring is 2. The van der Waals surface area contributed by atoms with Gasteiger partial charge in [0.25, 0.3) is 0 Å². The summed E-state index contributed by atoms with van der Waals surface area (Å²) in [5.41, 5.74) is 7.10. The highest BCUT2D eigenvalue weighted by Gasteiger charge is 2.11. The molecule has 0 saturated carbocycles. The summed E-state index contributed by atoms with van der Waals surface area (Å²) in [5.74, 6) is 5.92. The van der Waals surface area contributed by atoms with E-state index in [1.54, 1.807) is 6.07 Å². The van der Waals surface area contributed by atoms with E-state index >= 15 is 0 Å². The summed E-state index contributed by atoms with van der Waals surface area (Å²) in [6.45, 7) is 0. The number of benzene rings is 1. The Balaban J connectivity index is 2.59. The fourth-order valence-electron chi connectivity index (χ4n) is 1.26. The van der Waals surface area contributed by atoms with Gasteiger partial charge in [0, 0.05) is 10.0 Å². The number of imidazole rings is 1. The van der Waals surface area contributed by atoms with Gasteiger partial charge in [0.1, 0.15) is 12.0 Å². The molecule has 0 fully saturated rings. The molecule has 4 N–H and O–H groups in total. The Bertz CT molecular complexity index is 509. The first-order valence-electron chi connectivity index (χ1n) is 4.13. The number of rotatable bonds is 1. The molecule has 2 aromatic rings. The van der Waals surface area contributed by atoms with E-state index in [4.69, 9.17) is 23.2 Å². The van der Waals surface area contributed by atoms with Crippen molar-refractivity contribution < 1.29 is 0 Å². The summed E-state index contributed by atoms with van der Waals surface area (Å²) in [4.78, 5) is 4.09. The maximum Gasteiger partial charge on any atom is 0.150 e. The minimum Gasteiger partial charge on any atom is -0.382 e. The van der Waals surface area contributed by atoms with Crippen LogP contribution in [0.4, 0.5) is 5.82 Å². The molecule has 0 amide bonds. The third kappa shape index (κ3) is 1.80. The Morgan fingerprint density at radius 2 is 2.13 bits per heavy atom. The van der Waals surface area contributed by atoms with Gasteiger partial charge in [-0.15, -0.1) is 0 Å². The van der Waals surface area contributed by atoms with Crippen LogP contribution in [0.1, 0.15) is 0 Å². The van der Waals surface area contributed by atoms with Crippen molar-refractivity contribution in [1.29, 1.82) is 0 Å². The van der Waals surface area contributed by atoms with E-state index < -0.39 is 0 Å². The minimum atomic E-state index is 0.388. The topological polar surface area (TPSA) is 69.9 Å². The molecular weight excluding hydrogens is 279 g/mol. The zero-order valence-corrected chi connectivity index (χ0v) is 9.96. The van der Waals surface area contributed by atoms with Gasteiger partial charge in [-0.3, -0.25) is 0 Å². The van der Waals surface area contributed by atoms with Gasteiger partial charge in [-0.2, -0.15) is 0 Å². The van der Waals surface area contributed by atoms with Gasteiger partial charge in [-0.05, 0) is 12.1 Å². The van der Waals surface area contributed by atoms with Crippen LogP contribution in [0.15, 0.2) is 29.0 Å². The van der Waals surface area contributed by atoms with Crippen LogP contribution in [0.25, 0.3) is 11.3 Å². The van der Waals surface area contributed by atoms with Gasteiger partial charge in [0.15, 0.2) is 5.82 Å². The number of aromatic nitrogens is 2. The second-order valence-corrected chi connectivity index (χ2v) is 4.33. The summed E-state index contributed by atoms with van der Waals surface area (Å²) in [7, 11) is 0. The van der Waals surface area contributed by atoms with Gasteiger partial charge >= 0.3 is 0 Å². The van der Waals surface area contributed by atoms with E-state index in [1.165, 1.54) is 11.0 Å². The molecular formula is C9H8BrClN4. The van der Waals surface area contributed by atoms with E-state index in [-0.39, 0.29) is 0 Å². The SMILES string of the molecule is Nc1c(-c2ccc(Br)cc2Cl)ncn1N. The van der Waals surface area contributed by atoms with Crippen molar-refractivity contribution in [2.45, 2.75) is 0 Å². The van der Waals surface area contributed by atoms with E-state index in [2.05, 4.69) is 20.9 Å². The number of anilines is 1. The average Bonchev–Trinajstić information content (AvgIpc) is 2.49. The Kier molecular flexibility index (Phi) is 2.58. The first-order valence-corrected chi connectivity index (χ1v) is 5.30. The van der Waals surface area contributed by atoms with Gasteiger partial charge < -0.3 is 11.6 Å². The normalized spacial score (nSPS) is 10.5. The van der Waals surface area contributed by atoms with Crippen LogP contribution >= 0.6 is 27.5 Å². The van der Waals surface area contributed by atoms with Crippen LogP contribution in [0.3, 0.4) is 0 Å². The number of halogens is 2. The van der Waals surface area contributed by atoms with E-state index in [0.29, 0.717) is 16.5 Å². The number of nitrogens with two attached hydrogens (primary N) is 2. The van der Waals surface area contributed by atoms with Crippen LogP contribution in [-0.4, -0.2) is 9.66 Å². The molecule has 15 heavy (non-hydrogen) atoms. The third-order valence-electron chi connectivity index (χ3n) is 2.02. The van der Waals surface area contributed by atoms with Crippen LogP contribution in [-0.2, 0) is 0 Å². The predicted octanol–water partition coefficient (Wildman–Crippen LogP) is 2.26. The standard InChI is InChI=1S/C9H8BrClN4/c10-5-1-2-6(7(11)3-5)8-9(12)15(13)4-14-8/h1-4H,12-13H2. The van der Waals surface area contributed by atoms with Crippen molar-refractivity contribution in [3.63, 3.8) is 0 Å². The molecule has 2 rings (SSSR count). The van der Waals surface area contributed by atoms with Crippen LogP contribution < -0.4 is 11.6 Å². The van der Waals surface area contributed by atoms with E-state index in [9.17, 15) is 0 Å². The van der Waals surface area contributed by atoms with Crippen molar-refractivity contribution in [3.8, 4) is 11.3 Å². The molecule has 78 valence electrons. The van der Waals surface area contributed by atoms with Crippen molar-refractivity contribution in [1.82, 2.24) is 9.66 Å². The summed E-state index contributed by atoms with van der Waals surface area (Å²) < 4.78 is 2.16. The molecule has 0 atom stereocenters. The third-order valence-corrected chi connectivity index (χ3v) is 2.82. The monoisotopic (exact) mass is 286 g/mol. The summed E-state index contributed by atoms with van der Waals surface area (Å²) >= 11 is 9.40. The highest BCUT2D eigenvalue weighted by molar-refractivity contribution is 9.10. The molecule has 6 heteroatoms. The maximum absolute atomic E-state index is 6.07. The maximum atomic E-state index is 6.07. The first-order chi connectivity index (χ1) is 7.09. The van der Waals surface area contributed by atoms with E-state index in [0.717, 1.165) is 10.0 Å².